The lowest BCUT2D eigenvalue weighted by molar-refractivity contribution is -0.136. The highest BCUT2D eigenvalue weighted by Crippen LogP contribution is 2.44. The van der Waals surface area contributed by atoms with Crippen molar-refractivity contribution in [2.75, 3.05) is 13.1 Å². The Balaban J connectivity index is 2.06. The van der Waals surface area contributed by atoms with Gasteiger partial charge in [-0.15, -0.1) is 0 Å². The third-order valence-electron chi connectivity index (χ3n) is 4.65. The topological polar surface area (TPSA) is 49.4 Å². The summed E-state index contributed by atoms with van der Waals surface area (Å²) in [4.78, 5) is 25.9. The van der Waals surface area contributed by atoms with Crippen LogP contribution in [0.1, 0.15) is 52.4 Å². The minimum atomic E-state index is -0.311. The third kappa shape index (κ3) is 2.52. The lowest BCUT2D eigenvalue weighted by atomic mass is 9.66. The van der Waals surface area contributed by atoms with E-state index in [-0.39, 0.29) is 17.9 Å². The summed E-state index contributed by atoms with van der Waals surface area (Å²) in [7, 11) is 0. The van der Waals surface area contributed by atoms with Gasteiger partial charge in [-0.3, -0.25) is 9.59 Å². The Morgan fingerprint density at radius 3 is 2.56 bits per heavy atom. The molecule has 1 N–H and O–H groups in total. The molecule has 0 aromatic rings. The van der Waals surface area contributed by atoms with Crippen molar-refractivity contribution in [3.8, 4) is 0 Å². The molecule has 2 fully saturated rings. The lowest BCUT2D eigenvalue weighted by Crippen LogP contribution is -2.49. The molecule has 0 spiro atoms. The second-order valence-corrected chi connectivity index (χ2v) is 5.75. The molecule has 0 radical (unpaired) electrons. The Morgan fingerprint density at radius 2 is 2.06 bits per heavy atom. The number of rotatable bonds is 4. The van der Waals surface area contributed by atoms with Crippen LogP contribution in [-0.4, -0.2) is 35.8 Å². The van der Waals surface area contributed by atoms with E-state index >= 15 is 0 Å². The zero-order chi connectivity index (χ0) is 13.2. The fraction of sp³-hybridized carbons (Fsp3) is 0.857. The summed E-state index contributed by atoms with van der Waals surface area (Å²) in [6.07, 6.45) is 6.00. The van der Waals surface area contributed by atoms with E-state index < -0.39 is 0 Å². The van der Waals surface area contributed by atoms with Gasteiger partial charge in [-0.05, 0) is 31.1 Å². The summed E-state index contributed by atoms with van der Waals surface area (Å²) in [6, 6.07) is -0.311. The van der Waals surface area contributed by atoms with E-state index in [9.17, 15) is 9.59 Å². The van der Waals surface area contributed by atoms with Crippen LogP contribution in [0.2, 0.25) is 0 Å². The van der Waals surface area contributed by atoms with Crippen molar-refractivity contribution >= 4 is 11.8 Å². The molecule has 2 rings (SSSR count). The fourth-order valence-corrected chi connectivity index (χ4v) is 3.03. The predicted molar refractivity (Wildman–Crippen MR) is 70.0 cm³/mol. The molecule has 0 bridgehead atoms. The molecular formula is C14H24N2O2. The summed E-state index contributed by atoms with van der Waals surface area (Å²) >= 11 is 0. The van der Waals surface area contributed by atoms with Crippen LogP contribution < -0.4 is 5.32 Å². The van der Waals surface area contributed by atoms with E-state index in [0.717, 1.165) is 13.0 Å². The molecule has 1 saturated carbocycles. The molecule has 0 aromatic heterocycles. The second kappa shape index (κ2) is 5.29. The van der Waals surface area contributed by atoms with Gasteiger partial charge in [-0.1, -0.05) is 20.3 Å². The number of carbonyl (C=O) groups is 2. The molecule has 4 nitrogen and oxygen atoms in total. The number of nitrogens with zero attached hydrogens (tertiary/aromatic N) is 1. The molecule has 18 heavy (non-hydrogen) atoms. The maximum atomic E-state index is 12.4. The highest BCUT2D eigenvalue weighted by Gasteiger charge is 2.39. The zero-order valence-electron chi connectivity index (χ0n) is 11.5. The standard InChI is InChI=1S/C14H24N2O2/c1-3-11-13(18)16(9-6-12(17)15-11)10-14(4-2)7-5-8-14/h11H,3-10H2,1-2H3,(H,15,17). The van der Waals surface area contributed by atoms with Crippen molar-refractivity contribution in [2.45, 2.75) is 58.4 Å². The molecule has 4 heteroatoms. The van der Waals surface area contributed by atoms with Gasteiger partial charge >= 0.3 is 0 Å². The van der Waals surface area contributed by atoms with E-state index in [1.165, 1.54) is 19.3 Å². The lowest BCUT2D eigenvalue weighted by Gasteiger charge is -2.44. The van der Waals surface area contributed by atoms with Crippen molar-refractivity contribution in [1.29, 1.82) is 0 Å². The van der Waals surface area contributed by atoms with Gasteiger partial charge in [0.2, 0.25) is 11.8 Å². The zero-order valence-corrected chi connectivity index (χ0v) is 11.5. The maximum absolute atomic E-state index is 12.4. The SMILES string of the molecule is CCC1NC(=O)CCN(CC2(CC)CCC2)C1=O. The monoisotopic (exact) mass is 252 g/mol. The van der Waals surface area contributed by atoms with Crippen molar-refractivity contribution in [3.63, 3.8) is 0 Å². The summed E-state index contributed by atoms with van der Waals surface area (Å²) in [5, 5.41) is 2.82. The first-order chi connectivity index (χ1) is 8.60. The first-order valence-corrected chi connectivity index (χ1v) is 7.18. The molecule has 1 heterocycles. The third-order valence-corrected chi connectivity index (χ3v) is 4.65. The van der Waals surface area contributed by atoms with Crippen molar-refractivity contribution in [1.82, 2.24) is 10.2 Å². The molecule has 2 aliphatic rings. The molecule has 102 valence electrons. The van der Waals surface area contributed by atoms with Crippen LogP contribution in [0.25, 0.3) is 0 Å². The first-order valence-electron chi connectivity index (χ1n) is 7.18. The van der Waals surface area contributed by atoms with Crippen LogP contribution in [0.3, 0.4) is 0 Å². The molecule has 2 amide bonds. The molecular weight excluding hydrogens is 228 g/mol. The largest absolute Gasteiger partial charge is 0.344 e. The van der Waals surface area contributed by atoms with Gasteiger partial charge in [0.25, 0.3) is 0 Å². The predicted octanol–water partition coefficient (Wildman–Crippen LogP) is 1.69. The van der Waals surface area contributed by atoms with Crippen molar-refractivity contribution in [3.05, 3.63) is 0 Å². The maximum Gasteiger partial charge on any atom is 0.245 e. The molecule has 1 atom stereocenters. The Morgan fingerprint density at radius 1 is 1.33 bits per heavy atom. The van der Waals surface area contributed by atoms with E-state index in [2.05, 4.69) is 12.2 Å². The molecule has 1 saturated heterocycles. The number of nitrogens with one attached hydrogen (secondary N) is 1. The van der Waals surface area contributed by atoms with Crippen LogP contribution in [0.4, 0.5) is 0 Å². The van der Waals surface area contributed by atoms with Gasteiger partial charge in [0.05, 0.1) is 0 Å². The van der Waals surface area contributed by atoms with Gasteiger partial charge < -0.3 is 10.2 Å². The highest BCUT2D eigenvalue weighted by molar-refractivity contribution is 5.89. The van der Waals surface area contributed by atoms with Crippen LogP contribution in [0, 0.1) is 5.41 Å². The normalized spacial score (nSPS) is 27.4. The van der Waals surface area contributed by atoms with Crippen molar-refractivity contribution < 1.29 is 9.59 Å². The number of carbonyl (C=O) groups excluding carboxylic acids is 2. The number of hydrogen-bond donors (Lipinski definition) is 1. The van der Waals surface area contributed by atoms with Crippen LogP contribution in [-0.2, 0) is 9.59 Å². The van der Waals surface area contributed by atoms with Gasteiger partial charge in [0.1, 0.15) is 6.04 Å². The Bertz CT molecular complexity index is 331. The molecule has 1 aliphatic carbocycles. The Kier molecular flexibility index (Phi) is 3.93. The minimum Gasteiger partial charge on any atom is -0.344 e. The van der Waals surface area contributed by atoms with Crippen LogP contribution in [0.5, 0.6) is 0 Å². The number of hydrogen-bond acceptors (Lipinski definition) is 2. The van der Waals surface area contributed by atoms with Gasteiger partial charge in [-0.2, -0.15) is 0 Å². The van der Waals surface area contributed by atoms with Crippen LogP contribution >= 0.6 is 0 Å². The highest BCUT2D eigenvalue weighted by atomic mass is 16.2. The molecule has 1 unspecified atom stereocenters. The number of amides is 2. The van der Waals surface area contributed by atoms with Gasteiger partial charge in [0.15, 0.2) is 0 Å². The molecule has 1 aliphatic heterocycles. The van der Waals surface area contributed by atoms with E-state index in [0.29, 0.717) is 24.8 Å². The summed E-state index contributed by atoms with van der Waals surface area (Å²) in [5.74, 6) is 0.125. The molecule has 0 aromatic carbocycles. The van der Waals surface area contributed by atoms with Crippen molar-refractivity contribution in [2.24, 2.45) is 5.41 Å². The summed E-state index contributed by atoms with van der Waals surface area (Å²) < 4.78 is 0. The summed E-state index contributed by atoms with van der Waals surface area (Å²) in [5.41, 5.74) is 0.335. The van der Waals surface area contributed by atoms with Crippen LogP contribution in [0.15, 0.2) is 0 Å². The van der Waals surface area contributed by atoms with Gasteiger partial charge in [-0.25, -0.2) is 0 Å². The Labute approximate surface area is 109 Å². The van der Waals surface area contributed by atoms with E-state index in [1.54, 1.807) is 0 Å². The first kappa shape index (κ1) is 13.4. The van der Waals surface area contributed by atoms with Gasteiger partial charge in [0, 0.05) is 19.5 Å². The average Bonchev–Trinajstić information content (AvgIpc) is 2.45. The quantitative estimate of drug-likeness (QED) is 0.828. The van der Waals surface area contributed by atoms with E-state index in [4.69, 9.17) is 0 Å². The second-order valence-electron chi connectivity index (χ2n) is 5.75. The average molecular weight is 252 g/mol. The fourth-order valence-electron chi connectivity index (χ4n) is 3.03. The summed E-state index contributed by atoms with van der Waals surface area (Å²) in [6.45, 7) is 5.59. The van der Waals surface area contributed by atoms with E-state index in [1.807, 2.05) is 11.8 Å². The Hall–Kier alpha value is -1.06. The smallest absolute Gasteiger partial charge is 0.245 e. The minimum absolute atomic E-state index is 0.0110.